The van der Waals surface area contributed by atoms with Gasteiger partial charge in [0.2, 0.25) is 5.91 Å². The van der Waals surface area contributed by atoms with Crippen molar-refractivity contribution in [1.29, 1.82) is 0 Å². The van der Waals surface area contributed by atoms with Crippen molar-refractivity contribution in [2.24, 2.45) is 0 Å². The maximum atomic E-state index is 12.2. The highest BCUT2D eigenvalue weighted by atomic mass is 32.2. The van der Waals surface area contributed by atoms with Crippen LogP contribution < -0.4 is 5.32 Å². The van der Waals surface area contributed by atoms with Crippen molar-refractivity contribution >= 4 is 45.9 Å². The Bertz CT molecular complexity index is 626. The van der Waals surface area contributed by atoms with Gasteiger partial charge < -0.3 is 14.8 Å². The van der Waals surface area contributed by atoms with E-state index in [1.165, 1.54) is 37.3 Å². The van der Waals surface area contributed by atoms with E-state index in [1.807, 2.05) is 0 Å². The highest BCUT2D eigenvalue weighted by Crippen LogP contribution is 2.37. The maximum absolute atomic E-state index is 12.2. The summed E-state index contributed by atoms with van der Waals surface area (Å²) in [5.74, 6) is -0.782. The largest absolute Gasteiger partial charge is 0.468 e. The van der Waals surface area contributed by atoms with E-state index in [-0.39, 0.29) is 23.4 Å². The smallest absolute Gasteiger partial charge is 0.341 e. The van der Waals surface area contributed by atoms with Gasteiger partial charge in [-0.2, -0.15) is 0 Å². The quantitative estimate of drug-likeness (QED) is 0.611. The lowest BCUT2D eigenvalue weighted by molar-refractivity contribution is -0.137. The number of carbonyl (C=O) groups is 3. The van der Waals surface area contributed by atoms with Gasteiger partial charge in [0.1, 0.15) is 5.00 Å². The Labute approximate surface area is 149 Å². The van der Waals surface area contributed by atoms with Crippen LogP contribution in [0.5, 0.6) is 0 Å². The molecule has 0 aliphatic heterocycles. The number of ether oxygens (including phenoxy) is 2. The second kappa shape index (κ2) is 9.08. The average Bonchev–Trinajstić information content (AvgIpc) is 2.75. The van der Waals surface area contributed by atoms with E-state index in [2.05, 4.69) is 10.1 Å². The summed E-state index contributed by atoms with van der Waals surface area (Å²) in [5.41, 5.74) is 1.51. The molecule has 0 aromatic carbocycles. The van der Waals surface area contributed by atoms with Gasteiger partial charge in [0.05, 0.1) is 31.3 Å². The van der Waals surface area contributed by atoms with Crippen molar-refractivity contribution in [3.05, 3.63) is 16.0 Å². The van der Waals surface area contributed by atoms with Crippen LogP contribution in [0.1, 0.15) is 40.1 Å². The lowest BCUT2D eigenvalue weighted by Gasteiger charge is -2.07. The first-order valence-electron chi connectivity index (χ1n) is 7.74. The molecule has 1 aromatic rings. The third-order valence-electron chi connectivity index (χ3n) is 3.74. The van der Waals surface area contributed by atoms with E-state index >= 15 is 0 Å². The summed E-state index contributed by atoms with van der Waals surface area (Å²) in [6.45, 7) is 0. The van der Waals surface area contributed by atoms with Crippen LogP contribution in [0.15, 0.2) is 0 Å². The number of aryl methyl sites for hydroxylation is 1. The fourth-order valence-corrected chi connectivity index (χ4v) is 4.54. The summed E-state index contributed by atoms with van der Waals surface area (Å²) >= 11 is 2.63. The fourth-order valence-electron chi connectivity index (χ4n) is 2.60. The van der Waals surface area contributed by atoms with E-state index in [9.17, 15) is 14.4 Å². The van der Waals surface area contributed by atoms with Gasteiger partial charge in [0.25, 0.3) is 0 Å². The Morgan fingerprint density at radius 2 is 1.83 bits per heavy atom. The number of methoxy groups -OCH3 is 2. The van der Waals surface area contributed by atoms with Gasteiger partial charge in [-0.15, -0.1) is 23.1 Å². The highest BCUT2D eigenvalue weighted by molar-refractivity contribution is 8.00. The Balaban J connectivity index is 2.10. The summed E-state index contributed by atoms with van der Waals surface area (Å²) in [7, 11) is 2.66. The molecule has 0 atom stereocenters. The molecule has 0 bridgehead atoms. The Morgan fingerprint density at radius 3 is 2.54 bits per heavy atom. The van der Waals surface area contributed by atoms with Crippen LogP contribution in [0.2, 0.25) is 0 Å². The van der Waals surface area contributed by atoms with Crippen LogP contribution in [0.3, 0.4) is 0 Å². The van der Waals surface area contributed by atoms with E-state index in [4.69, 9.17) is 4.74 Å². The molecule has 0 unspecified atom stereocenters. The summed E-state index contributed by atoms with van der Waals surface area (Å²) in [4.78, 5) is 36.5. The fraction of sp³-hybridized carbons (Fsp3) is 0.562. The number of amides is 1. The average molecular weight is 371 g/mol. The number of hydrogen-bond acceptors (Lipinski definition) is 7. The SMILES string of the molecule is COC(=O)CSCC(=O)Nc1sc2c(c1C(=O)OC)CCCCC2. The number of fused-ring (bicyclic) bond motifs is 1. The van der Waals surface area contributed by atoms with Crippen LogP contribution in [-0.2, 0) is 31.9 Å². The molecule has 1 N–H and O–H groups in total. The van der Waals surface area contributed by atoms with E-state index in [1.54, 1.807) is 0 Å². The Hall–Kier alpha value is -1.54. The molecule has 1 aromatic heterocycles. The molecule has 0 saturated heterocycles. The van der Waals surface area contributed by atoms with Crippen molar-refractivity contribution in [2.45, 2.75) is 32.1 Å². The molecule has 0 saturated carbocycles. The third kappa shape index (κ3) is 4.73. The minimum atomic E-state index is -0.410. The van der Waals surface area contributed by atoms with Crippen LogP contribution >= 0.6 is 23.1 Å². The second-order valence-corrected chi connectivity index (χ2v) is 7.47. The summed E-state index contributed by atoms with van der Waals surface area (Å²) in [5, 5.41) is 3.35. The van der Waals surface area contributed by atoms with E-state index < -0.39 is 5.97 Å². The molecule has 1 heterocycles. The van der Waals surface area contributed by atoms with Crippen LogP contribution in [0.4, 0.5) is 5.00 Å². The molecule has 0 radical (unpaired) electrons. The van der Waals surface area contributed by atoms with Gasteiger partial charge in [-0.1, -0.05) is 6.42 Å². The first-order valence-corrected chi connectivity index (χ1v) is 9.71. The van der Waals surface area contributed by atoms with Gasteiger partial charge >= 0.3 is 11.9 Å². The number of nitrogens with one attached hydrogen (secondary N) is 1. The summed E-state index contributed by atoms with van der Waals surface area (Å²) in [6, 6.07) is 0. The Morgan fingerprint density at radius 1 is 1.08 bits per heavy atom. The molecule has 132 valence electrons. The van der Waals surface area contributed by atoms with Gasteiger partial charge in [-0.3, -0.25) is 9.59 Å². The topological polar surface area (TPSA) is 81.7 Å². The molecule has 1 aliphatic carbocycles. The summed E-state index contributed by atoms with van der Waals surface area (Å²) < 4.78 is 9.43. The van der Waals surface area contributed by atoms with Crippen LogP contribution in [0, 0.1) is 0 Å². The zero-order chi connectivity index (χ0) is 17.5. The lowest BCUT2D eigenvalue weighted by Crippen LogP contribution is -2.17. The van der Waals surface area contributed by atoms with Gasteiger partial charge in [0, 0.05) is 4.88 Å². The number of thiophene rings is 1. The van der Waals surface area contributed by atoms with Crippen molar-refractivity contribution < 1.29 is 23.9 Å². The normalized spacial score (nSPS) is 13.6. The van der Waals surface area contributed by atoms with Gasteiger partial charge in [-0.25, -0.2) is 4.79 Å². The van der Waals surface area contributed by atoms with Crippen molar-refractivity contribution in [1.82, 2.24) is 0 Å². The predicted molar refractivity (Wildman–Crippen MR) is 94.9 cm³/mol. The van der Waals surface area contributed by atoms with Crippen molar-refractivity contribution in [2.75, 3.05) is 31.0 Å². The summed E-state index contributed by atoms with van der Waals surface area (Å²) in [6.07, 6.45) is 5.04. The predicted octanol–water partition coefficient (Wildman–Crippen LogP) is 2.65. The second-order valence-electron chi connectivity index (χ2n) is 5.38. The van der Waals surface area contributed by atoms with Crippen molar-refractivity contribution in [3.8, 4) is 0 Å². The molecular weight excluding hydrogens is 350 g/mol. The minimum absolute atomic E-state index is 0.120. The standard InChI is InChI=1S/C16H21NO5S2/c1-21-13(19)9-23-8-12(18)17-15-14(16(20)22-2)10-6-4-3-5-7-11(10)24-15/h3-9H2,1-2H3,(H,17,18). The number of rotatable bonds is 6. The molecule has 8 heteroatoms. The zero-order valence-corrected chi connectivity index (χ0v) is 15.4. The number of anilines is 1. The number of carbonyl (C=O) groups excluding carboxylic acids is 3. The number of esters is 2. The zero-order valence-electron chi connectivity index (χ0n) is 13.8. The molecule has 6 nitrogen and oxygen atoms in total. The van der Waals surface area contributed by atoms with E-state index in [0.717, 1.165) is 42.5 Å². The molecule has 0 spiro atoms. The molecule has 1 amide bonds. The molecule has 0 fully saturated rings. The van der Waals surface area contributed by atoms with E-state index in [0.29, 0.717) is 10.6 Å². The van der Waals surface area contributed by atoms with Gasteiger partial charge in [-0.05, 0) is 31.2 Å². The third-order valence-corrected chi connectivity index (χ3v) is 5.86. The highest BCUT2D eigenvalue weighted by Gasteiger charge is 2.26. The first kappa shape index (κ1) is 18.8. The monoisotopic (exact) mass is 371 g/mol. The van der Waals surface area contributed by atoms with Crippen molar-refractivity contribution in [3.63, 3.8) is 0 Å². The molecular formula is C16H21NO5S2. The first-order chi connectivity index (χ1) is 11.6. The van der Waals surface area contributed by atoms with Crippen LogP contribution in [0.25, 0.3) is 0 Å². The lowest BCUT2D eigenvalue weighted by atomic mass is 10.1. The Kier molecular flexibility index (Phi) is 7.11. The molecule has 24 heavy (non-hydrogen) atoms. The minimum Gasteiger partial charge on any atom is -0.468 e. The van der Waals surface area contributed by atoms with Crippen LogP contribution in [-0.4, -0.2) is 43.6 Å². The maximum Gasteiger partial charge on any atom is 0.341 e. The number of thioether (sulfide) groups is 1. The number of hydrogen-bond donors (Lipinski definition) is 1. The molecule has 2 rings (SSSR count). The van der Waals surface area contributed by atoms with Gasteiger partial charge in [0.15, 0.2) is 0 Å². The molecule has 1 aliphatic rings.